The molecule has 5 nitrogen and oxygen atoms in total. The van der Waals surface area contributed by atoms with Gasteiger partial charge in [-0.05, 0) is 31.6 Å². The second kappa shape index (κ2) is 5.62. The molecule has 0 aromatic rings. The van der Waals surface area contributed by atoms with Crippen molar-refractivity contribution in [2.24, 2.45) is 11.8 Å². The maximum atomic E-state index is 12.6. The van der Waals surface area contributed by atoms with Gasteiger partial charge in [-0.15, -0.1) is 0 Å². The van der Waals surface area contributed by atoms with Crippen LogP contribution in [0.15, 0.2) is 0 Å². The molecule has 1 saturated carbocycles. The topological polar surface area (TPSA) is 60.9 Å². The zero-order chi connectivity index (χ0) is 14.1. The number of nitrogens with zero attached hydrogens (tertiary/aromatic N) is 2. The number of hydrogen-bond donors (Lipinski definition) is 1. The number of carboxylic acid groups (broad SMARTS) is 1. The van der Waals surface area contributed by atoms with E-state index in [-0.39, 0.29) is 18.4 Å². The molecule has 3 rings (SSSR count). The summed E-state index contributed by atoms with van der Waals surface area (Å²) >= 11 is 0. The molecule has 2 amide bonds. The number of rotatable bonds is 2. The highest BCUT2D eigenvalue weighted by Crippen LogP contribution is 2.36. The number of fused-ring (bicyclic) bond motifs is 1. The third-order valence-electron chi connectivity index (χ3n) is 5.18. The summed E-state index contributed by atoms with van der Waals surface area (Å²) in [4.78, 5) is 27.2. The van der Waals surface area contributed by atoms with Gasteiger partial charge in [0.25, 0.3) is 0 Å². The summed E-state index contributed by atoms with van der Waals surface area (Å²) in [5, 5.41) is 8.76. The average Bonchev–Trinajstić information content (AvgIpc) is 2.41. The van der Waals surface area contributed by atoms with Crippen LogP contribution in [0.25, 0.3) is 0 Å². The maximum Gasteiger partial charge on any atom is 0.320 e. The van der Waals surface area contributed by atoms with Gasteiger partial charge >= 0.3 is 12.0 Å². The molecule has 20 heavy (non-hydrogen) atoms. The molecule has 2 heterocycles. The molecule has 0 radical (unpaired) electrons. The van der Waals surface area contributed by atoms with Crippen LogP contribution in [0, 0.1) is 11.8 Å². The summed E-state index contributed by atoms with van der Waals surface area (Å²) in [6.45, 7) is 2.14. The Balaban J connectivity index is 1.56. The highest BCUT2D eigenvalue weighted by molar-refractivity contribution is 5.76. The van der Waals surface area contributed by atoms with E-state index in [1.165, 1.54) is 25.7 Å². The van der Waals surface area contributed by atoms with E-state index >= 15 is 0 Å². The van der Waals surface area contributed by atoms with Gasteiger partial charge in [-0.25, -0.2) is 4.79 Å². The summed E-state index contributed by atoms with van der Waals surface area (Å²) < 4.78 is 0. The highest BCUT2D eigenvalue weighted by atomic mass is 16.4. The number of urea groups is 1. The standard InChI is InChI=1S/C15H24N2O3/c18-14(19)8-11-9-16(10-11)15(20)17-7-3-5-12-4-1-2-6-13(12)17/h11-13H,1-10H2,(H,18,19)/t12-,13-/m1/s1. The molecule has 0 bridgehead atoms. The summed E-state index contributed by atoms with van der Waals surface area (Å²) in [7, 11) is 0. The van der Waals surface area contributed by atoms with Crippen LogP contribution in [0.5, 0.6) is 0 Å². The van der Waals surface area contributed by atoms with E-state index in [1.54, 1.807) is 0 Å². The van der Waals surface area contributed by atoms with Crippen molar-refractivity contribution >= 4 is 12.0 Å². The van der Waals surface area contributed by atoms with E-state index in [0.717, 1.165) is 19.4 Å². The van der Waals surface area contributed by atoms with E-state index in [9.17, 15) is 9.59 Å². The Morgan fingerprint density at radius 1 is 1.05 bits per heavy atom. The molecular weight excluding hydrogens is 256 g/mol. The highest BCUT2D eigenvalue weighted by Gasteiger charge is 2.40. The Kier molecular flexibility index (Phi) is 3.85. The van der Waals surface area contributed by atoms with Crippen molar-refractivity contribution in [3.8, 4) is 0 Å². The molecule has 0 aromatic carbocycles. The summed E-state index contributed by atoms with van der Waals surface area (Å²) in [5.74, 6) is 0.105. The van der Waals surface area contributed by atoms with Gasteiger partial charge in [0.1, 0.15) is 0 Å². The summed E-state index contributed by atoms with van der Waals surface area (Å²) in [5.41, 5.74) is 0. The number of carboxylic acids is 1. The Hall–Kier alpha value is -1.26. The van der Waals surface area contributed by atoms with Crippen molar-refractivity contribution in [1.29, 1.82) is 0 Å². The van der Waals surface area contributed by atoms with E-state index in [0.29, 0.717) is 25.0 Å². The van der Waals surface area contributed by atoms with Crippen molar-refractivity contribution in [3.63, 3.8) is 0 Å². The quantitative estimate of drug-likeness (QED) is 0.843. The Labute approximate surface area is 119 Å². The fraction of sp³-hybridized carbons (Fsp3) is 0.867. The molecule has 112 valence electrons. The normalized spacial score (nSPS) is 30.6. The van der Waals surface area contributed by atoms with E-state index < -0.39 is 5.97 Å². The molecule has 2 atom stereocenters. The third-order valence-corrected chi connectivity index (χ3v) is 5.18. The van der Waals surface area contributed by atoms with Gasteiger partial charge < -0.3 is 14.9 Å². The molecule has 2 aliphatic heterocycles. The molecule has 0 aromatic heterocycles. The molecule has 3 aliphatic rings. The molecule has 0 spiro atoms. The number of carbonyl (C=O) groups excluding carboxylic acids is 1. The van der Waals surface area contributed by atoms with Gasteiger partial charge in [-0.3, -0.25) is 4.79 Å². The van der Waals surface area contributed by atoms with Gasteiger partial charge in [0.15, 0.2) is 0 Å². The van der Waals surface area contributed by atoms with Crippen LogP contribution < -0.4 is 0 Å². The van der Waals surface area contributed by atoms with Crippen LogP contribution in [-0.2, 0) is 4.79 Å². The number of aliphatic carboxylic acids is 1. The Morgan fingerprint density at radius 2 is 1.75 bits per heavy atom. The lowest BCUT2D eigenvalue weighted by Gasteiger charge is -2.48. The molecule has 3 fully saturated rings. The number of hydrogen-bond acceptors (Lipinski definition) is 2. The fourth-order valence-corrected chi connectivity index (χ4v) is 4.15. The van der Waals surface area contributed by atoms with E-state index in [4.69, 9.17) is 5.11 Å². The van der Waals surface area contributed by atoms with Crippen LogP contribution in [0.3, 0.4) is 0 Å². The lowest BCUT2D eigenvalue weighted by Crippen LogP contribution is -2.60. The van der Waals surface area contributed by atoms with Crippen molar-refractivity contribution < 1.29 is 14.7 Å². The van der Waals surface area contributed by atoms with Crippen LogP contribution in [0.1, 0.15) is 44.9 Å². The van der Waals surface area contributed by atoms with Crippen molar-refractivity contribution in [2.75, 3.05) is 19.6 Å². The second-order valence-corrected chi connectivity index (χ2v) is 6.60. The van der Waals surface area contributed by atoms with Crippen molar-refractivity contribution in [1.82, 2.24) is 9.80 Å². The molecule has 1 N–H and O–H groups in total. The minimum absolute atomic E-state index is 0.156. The predicted octanol–water partition coefficient (Wildman–Crippen LogP) is 2.17. The first-order valence-electron chi connectivity index (χ1n) is 7.92. The van der Waals surface area contributed by atoms with Gasteiger partial charge in [-0.1, -0.05) is 12.8 Å². The summed E-state index contributed by atoms with van der Waals surface area (Å²) in [6, 6.07) is 0.603. The minimum atomic E-state index is -0.757. The van der Waals surface area contributed by atoms with Crippen LogP contribution >= 0.6 is 0 Å². The number of amides is 2. The molecule has 2 saturated heterocycles. The summed E-state index contributed by atoms with van der Waals surface area (Å²) in [6.07, 6.45) is 7.57. The van der Waals surface area contributed by atoms with Crippen molar-refractivity contribution in [3.05, 3.63) is 0 Å². The van der Waals surface area contributed by atoms with E-state index in [1.807, 2.05) is 4.90 Å². The van der Waals surface area contributed by atoms with Gasteiger partial charge in [0, 0.05) is 31.6 Å². The molecule has 5 heteroatoms. The fourth-order valence-electron chi connectivity index (χ4n) is 4.15. The maximum absolute atomic E-state index is 12.6. The van der Waals surface area contributed by atoms with Crippen LogP contribution in [0.4, 0.5) is 4.79 Å². The van der Waals surface area contributed by atoms with Crippen LogP contribution in [0.2, 0.25) is 0 Å². The lowest BCUT2D eigenvalue weighted by atomic mass is 9.78. The van der Waals surface area contributed by atoms with E-state index in [2.05, 4.69) is 4.90 Å². The number of piperidine rings is 1. The minimum Gasteiger partial charge on any atom is -0.481 e. The van der Waals surface area contributed by atoms with Crippen molar-refractivity contribution in [2.45, 2.75) is 51.0 Å². The second-order valence-electron chi connectivity index (χ2n) is 6.60. The SMILES string of the molecule is O=C(O)CC1CN(C(=O)N2CCC[C@H]3CCCC[C@H]32)C1. The Morgan fingerprint density at radius 3 is 2.50 bits per heavy atom. The first-order chi connectivity index (χ1) is 9.65. The molecule has 1 aliphatic carbocycles. The number of carbonyl (C=O) groups is 2. The monoisotopic (exact) mass is 280 g/mol. The predicted molar refractivity (Wildman–Crippen MR) is 74.4 cm³/mol. The lowest BCUT2D eigenvalue weighted by molar-refractivity contribution is -0.139. The van der Waals surface area contributed by atoms with Gasteiger partial charge in [0.2, 0.25) is 0 Å². The zero-order valence-corrected chi connectivity index (χ0v) is 12.0. The average molecular weight is 280 g/mol. The van der Waals surface area contributed by atoms with Gasteiger partial charge in [0.05, 0.1) is 6.42 Å². The van der Waals surface area contributed by atoms with Crippen LogP contribution in [-0.4, -0.2) is 52.6 Å². The molecule has 0 unspecified atom stereocenters. The Bertz CT molecular complexity index is 391. The number of likely N-dealkylation sites (tertiary alicyclic amines) is 2. The first-order valence-corrected chi connectivity index (χ1v) is 7.92. The largest absolute Gasteiger partial charge is 0.481 e. The smallest absolute Gasteiger partial charge is 0.320 e. The van der Waals surface area contributed by atoms with Gasteiger partial charge in [-0.2, -0.15) is 0 Å². The molecular formula is C15H24N2O3. The first kappa shape index (κ1) is 13.7. The third kappa shape index (κ3) is 2.63. The zero-order valence-electron chi connectivity index (χ0n) is 12.0.